The SMILES string of the molecule is Cc1cc(-c2ccc3cc(C#N)ccc3c2)ccc1C1=NC2(CC2)C(=O)N1CC1CN(C(=O)C2(C)CC2)C1. The van der Waals surface area contributed by atoms with Gasteiger partial charge in [-0.15, -0.1) is 0 Å². The van der Waals surface area contributed by atoms with Gasteiger partial charge in [-0.05, 0) is 78.3 Å². The second kappa shape index (κ2) is 8.01. The van der Waals surface area contributed by atoms with Gasteiger partial charge < -0.3 is 4.90 Å². The summed E-state index contributed by atoms with van der Waals surface area (Å²) in [5.74, 6) is 1.49. The third-order valence-electron chi connectivity index (χ3n) is 8.91. The molecule has 0 unspecified atom stereocenters. The second-order valence-corrected chi connectivity index (χ2v) is 11.9. The van der Waals surface area contributed by atoms with Gasteiger partial charge in [0.1, 0.15) is 11.4 Å². The molecule has 0 N–H and O–H groups in total. The minimum atomic E-state index is -0.554. The number of likely N-dealkylation sites (tertiary alicyclic amines) is 1. The van der Waals surface area contributed by atoms with Crippen molar-refractivity contribution in [3.63, 3.8) is 0 Å². The van der Waals surface area contributed by atoms with Crippen LogP contribution in [-0.2, 0) is 9.59 Å². The Morgan fingerprint density at radius 2 is 1.68 bits per heavy atom. The zero-order valence-electron chi connectivity index (χ0n) is 21.8. The molecular weight excluding hydrogens is 472 g/mol. The van der Waals surface area contributed by atoms with E-state index in [9.17, 15) is 14.9 Å². The summed E-state index contributed by atoms with van der Waals surface area (Å²) in [7, 11) is 0. The maximum absolute atomic E-state index is 13.4. The molecule has 0 atom stereocenters. The zero-order valence-corrected chi connectivity index (χ0v) is 21.8. The molecule has 2 saturated carbocycles. The fourth-order valence-electron chi connectivity index (χ4n) is 5.96. The van der Waals surface area contributed by atoms with Gasteiger partial charge in [-0.25, -0.2) is 0 Å². The first kappa shape index (κ1) is 23.2. The number of amides is 2. The average molecular weight is 503 g/mol. The van der Waals surface area contributed by atoms with Crippen molar-refractivity contribution in [2.24, 2.45) is 16.3 Å². The van der Waals surface area contributed by atoms with Crippen molar-refractivity contribution in [2.75, 3.05) is 19.6 Å². The largest absolute Gasteiger partial charge is 0.341 e. The van der Waals surface area contributed by atoms with E-state index in [1.807, 2.05) is 28.0 Å². The zero-order chi connectivity index (χ0) is 26.2. The van der Waals surface area contributed by atoms with Crippen LogP contribution >= 0.6 is 0 Å². The first-order valence-electron chi connectivity index (χ1n) is 13.6. The smallest absolute Gasteiger partial charge is 0.256 e. The van der Waals surface area contributed by atoms with Crippen LogP contribution in [0.1, 0.15) is 49.3 Å². The summed E-state index contributed by atoms with van der Waals surface area (Å²) in [5, 5.41) is 11.3. The Balaban J connectivity index is 1.13. The van der Waals surface area contributed by atoms with E-state index in [1.54, 1.807) is 0 Å². The first-order chi connectivity index (χ1) is 18.3. The third-order valence-corrected chi connectivity index (χ3v) is 8.91. The molecule has 1 spiro atoms. The molecule has 0 bridgehead atoms. The molecule has 3 fully saturated rings. The number of carbonyl (C=O) groups excluding carboxylic acids is 2. The third kappa shape index (κ3) is 3.64. The summed E-state index contributed by atoms with van der Waals surface area (Å²) in [4.78, 5) is 34.9. The van der Waals surface area contributed by atoms with Crippen molar-refractivity contribution in [3.05, 3.63) is 71.3 Å². The van der Waals surface area contributed by atoms with Gasteiger partial charge in [0.05, 0.1) is 11.6 Å². The van der Waals surface area contributed by atoms with Crippen molar-refractivity contribution in [3.8, 4) is 17.2 Å². The number of hydrogen-bond donors (Lipinski definition) is 0. The number of aryl methyl sites for hydroxylation is 1. The Hall–Kier alpha value is -3.98. The lowest BCUT2D eigenvalue weighted by Crippen LogP contribution is -2.56. The van der Waals surface area contributed by atoms with E-state index in [4.69, 9.17) is 4.99 Å². The topological polar surface area (TPSA) is 76.8 Å². The Morgan fingerprint density at radius 1 is 1.00 bits per heavy atom. The van der Waals surface area contributed by atoms with E-state index >= 15 is 0 Å². The maximum Gasteiger partial charge on any atom is 0.256 e. The van der Waals surface area contributed by atoms with Crippen LogP contribution < -0.4 is 0 Å². The Morgan fingerprint density at radius 3 is 2.37 bits per heavy atom. The van der Waals surface area contributed by atoms with E-state index in [0.717, 1.165) is 77.6 Å². The summed E-state index contributed by atoms with van der Waals surface area (Å²) in [6.45, 7) is 6.23. The highest BCUT2D eigenvalue weighted by atomic mass is 16.2. The molecule has 6 nitrogen and oxygen atoms in total. The van der Waals surface area contributed by atoms with Crippen LogP contribution in [0.2, 0.25) is 0 Å². The average Bonchev–Trinajstić information content (AvgIpc) is 3.82. The van der Waals surface area contributed by atoms with Gasteiger partial charge in [0.15, 0.2) is 0 Å². The number of rotatable bonds is 5. The number of nitriles is 1. The molecule has 4 aliphatic rings. The second-order valence-electron chi connectivity index (χ2n) is 11.9. The fraction of sp³-hybridized carbons (Fsp3) is 0.375. The highest BCUT2D eigenvalue weighted by Gasteiger charge is 2.58. The molecule has 7 rings (SSSR count). The van der Waals surface area contributed by atoms with Crippen molar-refractivity contribution in [1.82, 2.24) is 9.80 Å². The van der Waals surface area contributed by atoms with Gasteiger partial charge >= 0.3 is 0 Å². The van der Waals surface area contributed by atoms with Crippen LogP contribution in [0.5, 0.6) is 0 Å². The molecule has 190 valence electrons. The molecule has 6 heteroatoms. The molecule has 2 amide bonds. The Bertz CT molecular complexity index is 1600. The fourth-order valence-corrected chi connectivity index (χ4v) is 5.96. The quantitative estimate of drug-likeness (QED) is 0.489. The molecule has 38 heavy (non-hydrogen) atoms. The predicted molar refractivity (Wildman–Crippen MR) is 146 cm³/mol. The molecule has 2 aliphatic heterocycles. The minimum Gasteiger partial charge on any atom is -0.341 e. The predicted octanol–water partition coefficient (Wildman–Crippen LogP) is 5.07. The van der Waals surface area contributed by atoms with Gasteiger partial charge in [-0.3, -0.25) is 19.5 Å². The normalized spacial score (nSPS) is 20.9. The molecule has 2 aliphatic carbocycles. The van der Waals surface area contributed by atoms with Crippen LogP contribution in [0.25, 0.3) is 21.9 Å². The van der Waals surface area contributed by atoms with E-state index in [2.05, 4.69) is 56.3 Å². The lowest BCUT2D eigenvalue weighted by molar-refractivity contribution is -0.143. The van der Waals surface area contributed by atoms with Gasteiger partial charge in [0.25, 0.3) is 5.91 Å². The van der Waals surface area contributed by atoms with E-state index in [1.165, 1.54) is 0 Å². The number of amidine groups is 1. The number of fused-ring (bicyclic) bond motifs is 1. The highest BCUT2D eigenvalue weighted by Crippen LogP contribution is 2.48. The lowest BCUT2D eigenvalue weighted by atomic mass is 9.94. The number of nitrogens with zero attached hydrogens (tertiary/aromatic N) is 4. The highest BCUT2D eigenvalue weighted by molar-refractivity contribution is 6.17. The maximum atomic E-state index is 13.4. The van der Waals surface area contributed by atoms with Crippen molar-refractivity contribution in [2.45, 2.75) is 45.1 Å². The molecule has 3 aromatic carbocycles. The summed E-state index contributed by atoms with van der Waals surface area (Å²) < 4.78 is 0. The van der Waals surface area contributed by atoms with E-state index < -0.39 is 5.54 Å². The van der Waals surface area contributed by atoms with Gasteiger partial charge in [-0.2, -0.15) is 5.26 Å². The molecule has 0 radical (unpaired) electrons. The summed E-state index contributed by atoms with van der Waals surface area (Å²) in [5.41, 5.74) is 4.28. The van der Waals surface area contributed by atoms with Gasteiger partial charge in [-0.1, -0.05) is 43.3 Å². The number of benzene rings is 3. The van der Waals surface area contributed by atoms with Gasteiger partial charge in [0, 0.05) is 36.5 Å². The first-order valence-corrected chi connectivity index (χ1v) is 13.6. The van der Waals surface area contributed by atoms with E-state index in [-0.39, 0.29) is 17.2 Å². The van der Waals surface area contributed by atoms with Crippen molar-refractivity contribution < 1.29 is 9.59 Å². The minimum absolute atomic E-state index is 0.126. The molecule has 2 heterocycles. The number of aliphatic imine (C=N–C) groups is 1. The van der Waals surface area contributed by atoms with Crippen LogP contribution in [0.15, 0.2) is 59.6 Å². The molecule has 0 aromatic heterocycles. The van der Waals surface area contributed by atoms with Gasteiger partial charge in [0.2, 0.25) is 5.91 Å². The van der Waals surface area contributed by atoms with Crippen LogP contribution in [-0.4, -0.2) is 52.6 Å². The van der Waals surface area contributed by atoms with E-state index in [0.29, 0.717) is 18.0 Å². The standard InChI is InChI=1S/C32H30N4O2/c1-20-13-23(26-6-5-24-14-21(16-33)3-4-25(24)15-26)7-8-27(20)28-34-32(11-12-32)30(38)36(28)19-22-17-35(18-22)29(37)31(2)9-10-31/h3-8,13-15,22H,9-12,17-19H2,1-2H3. The molecule has 3 aromatic rings. The summed E-state index contributed by atoms with van der Waals surface area (Å²) in [6.07, 6.45) is 3.63. The Labute approximate surface area is 222 Å². The van der Waals surface area contributed by atoms with Crippen LogP contribution in [0.3, 0.4) is 0 Å². The molecule has 1 saturated heterocycles. The van der Waals surface area contributed by atoms with Crippen molar-refractivity contribution >= 4 is 28.4 Å². The number of hydrogen-bond acceptors (Lipinski definition) is 4. The summed E-state index contributed by atoms with van der Waals surface area (Å²) >= 11 is 0. The van der Waals surface area contributed by atoms with Crippen molar-refractivity contribution in [1.29, 1.82) is 5.26 Å². The summed E-state index contributed by atoms with van der Waals surface area (Å²) in [6, 6.07) is 20.6. The lowest BCUT2D eigenvalue weighted by Gasteiger charge is -2.42. The molecular formula is C32H30N4O2. The monoisotopic (exact) mass is 502 g/mol. The van der Waals surface area contributed by atoms with Crippen LogP contribution in [0, 0.1) is 29.6 Å². The Kier molecular flexibility index (Phi) is 4.88. The van der Waals surface area contributed by atoms with Crippen LogP contribution in [0.4, 0.5) is 0 Å². The number of carbonyl (C=O) groups is 2.